The summed E-state index contributed by atoms with van der Waals surface area (Å²) in [5.41, 5.74) is 2.99. The topological polar surface area (TPSA) is 37.3 Å². The molecule has 2 aromatic rings. The summed E-state index contributed by atoms with van der Waals surface area (Å²) in [6.45, 7) is 0. The summed E-state index contributed by atoms with van der Waals surface area (Å²) in [6, 6.07) is 18.4. The highest BCUT2D eigenvalue weighted by atomic mass is 16.4. The molecule has 2 aromatic carbocycles. The predicted octanol–water partition coefficient (Wildman–Crippen LogP) is 3.25. The van der Waals surface area contributed by atoms with Gasteiger partial charge in [0.25, 0.3) is 0 Å². The number of rotatable bonds is 3. The van der Waals surface area contributed by atoms with Gasteiger partial charge in [-0.2, -0.15) is 0 Å². The number of benzene rings is 2. The summed E-state index contributed by atoms with van der Waals surface area (Å²) < 4.78 is 0. The third kappa shape index (κ3) is 3.05. The molecule has 2 rings (SSSR count). The van der Waals surface area contributed by atoms with Gasteiger partial charge in [-0.15, -0.1) is 0 Å². The second kappa shape index (κ2) is 5.12. The molecule has 0 spiro atoms. The van der Waals surface area contributed by atoms with E-state index in [4.69, 9.17) is 5.11 Å². The fourth-order valence-corrected chi connectivity index (χ4v) is 1.56. The van der Waals surface area contributed by atoms with Crippen LogP contribution in [0.5, 0.6) is 0 Å². The lowest BCUT2D eigenvalue weighted by molar-refractivity contribution is -0.131. The lowest BCUT2D eigenvalue weighted by atomic mass is 10.0. The fourth-order valence-electron chi connectivity index (χ4n) is 1.56. The Morgan fingerprint density at radius 3 is 2.71 bits per heavy atom. The lowest BCUT2D eigenvalue weighted by Crippen LogP contribution is -1.86. The first-order chi connectivity index (χ1) is 8.25. The van der Waals surface area contributed by atoms with E-state index in [0.29, 0.717) is 0 Å². The Kier molecular flexibility index (Phi) is 3.36. The third-order valence-electron chi connectivity index (χ3n) is 2.35. The quantitative estimate of drug-likeness (QED) is 0.811. The smallest absolute Gasteiger partial charge is 0.328 e. The van der Waals surface area contributed by atoms with Gasteiger partial charge in [-0.25, -0.2) is 4.79 Å². The minimum absolute atomic E-state index is 0.869. The molecule has 0 saturated carbocycles. The van der Waals surface area contributed by atoms with E-state index in [1.807, 2.05) is 48.5 Å². The van der Waals surface area contributed by atoms with Crippen molar-refractivity contribution in [1.82, 2.24) is 0 Å². The van der Waals surface area contributed by atoms with Crippen LogP contribution in [0.25, 0.3) is 17.2 Å². The van der Waals surface area contributed by atoms with Gasteiger partial charge in [0.2, 0.25) is 0 Å². The van der Waals surface area contributed by atoms with Crippen LogP contribution in [0.15, 0.2) is 54.6 Å². The van der Waals surface area contributed by atoms with Crippen molar-refractivity contribution in [2.75, 3.05) is 0 Å². The minimum atomic E-state index is -0.941. The molecule has 2 heteroatoms. The summed E-state index contributed by atoms with van der Waals surface area (Å²) in [4.78, 5) is 10.4. The molecule has 0 aliphatic rings. The van der Waals surface area contributed by atoms with E-state index in [1.165, 1.54) is 0 Å². The van der Waals surface area contributed by atoms with E-state index in [0.717, 1.165) is 22.8 Å². The van der Waals surface area contributed by atoms with Crippen molar-refractivity contribution in [2.24, 2.45) is 0 Å². The van der Waals surface area contributed by atoms with E-state index in [9.17, 15) is 4.79 Å². The zero-order valence-electron chi connectivity index (χ0n) is 9.13. The molecular formula is C15H11O2. The minimum Gasteiger partial charge on any atom is -0.478 e. The molecule has 17 heavy (non-hydrogen) atoms. The molecular weight excluding hydrogens is 212 g/mol. The van der Waals surface area contributed by atoms with Gasteiger partial charge in [0.05, 0.1) is 0 Å². The second-order valence-corrected chi connectivity index (χ2v) is 3.59. The number of hydrogen-bond donors (Lipinski definition) is 1. The van der Waals surface area contributed by atoms with Crippen molar-refractivity contribution in [2.45, 2.75) is 0 Å². The summed E-state index contributed by atoms with van der Waals surface area (Å²) in [6.07, 6.45) is 2.72. The molecule has 83 valence electrons. The van der Waals surface area contributed by atoms with Gasteiger partial charge in [-0.3, -0.25) is 0 Å². The van der Waals surface area contributed by atoms with Crippen molar-refractivity contribution in [3.05, 3.63) is 66.2 Å². The Labute approximate surface area is 99.8 Å². The van der Waals surface area contributed by atoms with Gasteiger partial charge in [0.1, 0.15) is 0 Å². The summed E-state index contributed by atoms with van der Waals surface area (Å²) in [5, 5.41) is 8.57. The monoisotopic (exact) mass is 223 g/mol. The molecule has 0 fully saturated rings. The maximum atomic E-state index is 10.4. The molecule has 0 atom stereocenters. The van der Waals surface area contributed by atoms with E-state index in [2.05, 4.69) is 6.07 Å². The first kappa shape index (κ1) is 11.1. The van der Waals surface area contributed by atoms with Gasteiger partial charge in [-0.1, -0.05) is 36.4 Å². The standard InChI is InChI=1S/C15H11O2/c16-15(17)10-9-12-5-4-8-14(11-12)13-6-2-1-3-7-13/h1-2,4-11H,(H,16,17)/b10-9+. The summed E-state index contributed by atoms with van der Waals surface area (Å²) in [7, 11) is 0. The number of carbonyl (C=O) groups is 1. The van der Waals surface area contributed by atoms with Crippen LogP contribution in [0.1, 0.15) is 5.56 Å². The Morgan fingerprint density at radius 2 is 2.00 bits per heavy atom. The summed E-state index contributed by atoms with van der Waals surface area (Å²) in [5.74, 6) is -0.941. The maximum absolute atomic E-state index is 10.4. The highest BCUT2D eigenvalue weighted by molar-refractivity contribution is 5.85. The first-order valence-electron chi connectivity index (χ1n) is 5.23. The Hall–Kier alpha value is -2.35. The average molecular weight is 223 g/mol. The molecule has 0 unspecified atom stereocenters. The zero-order valence-corrected chi connectivity index (χ0v) is 9.13. The van der Waals surface area contributed by atoms with Crippen molar-refractivity contribution in [3.63, 3.8) is 0 Å². The van der Waals surface area contributed by atoms with Crippen LogP contribution in [0.2, 0.25) is 0 Å². The maximum Gasteiger partial charge on any atom is 0.328 e. The van der Waals surface area contributed by atoms with Crippen LogP contribution < -0.4 is 0 Å². The number of aliphatic carboxylic acids is 1. The Balaban J connectivity index is 2.32. The molecule has 2 nitrogen and oxygen atoms in total. The molecule has 0 aliphatic heterocycles. The highest BCUT2D eigenvalue weighted by Crippen LogP contribution is 2.20. The third-order valence-corrected chi connectivity index (χ3v) is 2.35. The van der Waals surface area contributed by atoms with E-state index in [-0.39, 0.29) is 0 Å². The number of carboxylic acid groups (broad SMARTS) is 1. The van der Waals surface area contributed by atoms with E-state index in [1.54, 1.807) is 6.08 Å². The SMILES string of the molecule is O=C(O)/C=C/c1cccc(-c2c[c]ccc2)c1. The molecule has 0 heterocycles. The zero-order chi connectivity index (χ0) is 12.1. The average Bonchev–Trinajstić information content (AvgIpc) is 2.38. The largest absolute Gasteiger partial charge is 0.478 e. The second-order valence-electron chi connectivity index (χ2n) is 3.59. The van der Waals surface area contributed by atoms with Crippen molar-refractivity contribution < 1.29 is 9.90 Å². The van der Waals surface area contributed by atoms with Gasteiger partial charge in [0.15, 0.2) is 0 Å². The van der Waals surface area contributed by atoms with Gasteiger partial charge < -0.3 is 5.11 Å². The number of hydrogen-bond acceptors (Lipinski definition) is 1. The summed E-state index contributed by atoms with van der Waals surface area (Å²) >= 11 is 0. The fraction of sp³-hybridized carbons (Fsp3) is 0. The van der Waals surface area contributed by atoms with Gasteiger partial charge in [0, 0.05) is 6.08 Å². The lowest BCUT2D eigenvalue weighted by Gasteiger charge is -2.02. The van der Waals surface area contributed by atoms with Crippen LogP contribution in [0.3, 0.4) is 0 Å². The van der Waals surface area contributed by atoms with Crippen molar-refractivity contribution in [1.29, 1.82) is 0 Å². The van der Waals surface area contributed by atoms with Crippen LogP contribution in [0.4, 0.5) is 0 Å². The van der Waals surface area contributed by atoms with E-state index < -0.39 is 5.97 Å². The molecule has 0 bridgehead atoms. The van der Waals surface area contributed by atoms with Crippen LogP contribution in [-0.2, 0) is 4.79 Å². The molecule has 0 saturated heterocycles. The normalized spacial score (nSPS) is 10.6. The van der Waals surface area contributed by atoms with Gasteiger partial charge >= 0.3 is 5.97 Å². The molecule has 1 N–H and O–H groups in total. The van der Waals surface area contributed by atoms with Gasteiger partial charge in [-0.05, 0) is 41.0 Å². The molecule has 0 amide bonds. The van der Waals surface area contributed by atoms with Crippen LogP contribution >= 0.6 is 0 Å². The van der Waals surface area contributed by atoms with Crippen molar-refractivity contribution >= 4 is 12.0 Å². The molecule has 1 radical (unpaired) electrons. The molecule has 0 aromatic heterocycles. The van der Waals surface area contributed by atoms with E-state index >= 15 is 0 Å². The van der Waals surface area contributed by atoms with Crippen LogP contribution in [-0.4, -0.2) is 11.1 Å². The van der Waals surface area contributed by atoms with Crippen LogP contribution in [0, 0.1) is 6.07 Å². The first-order valence-corrected chi connectivity index (χ1v) is 5.23. The Morgan fingerprint density at radius 1 is 1.18 bits per heavy atom. The molecule has 0 aliphatic carbocycles. The predicted molar refractivity (Wildman–Crippen MR) is 67.4 cm³/mol. The number of carboxylic acids is 1. The highest BCUT2D eigenvalue weighted by Gasteiger charge is 1.97. The Bertz CT molecular complexity index is 542. The van der Waals surface area contributed by atoms with Crippen molar-refractivity contribution in [3.8, 4) is 11.1 Å².